The molecule has 0 aliphatic heterocycles. The molecule has 0 unspecified atom stereocenters. The van der Waals surface area contributed by atoms with Crippen molar-refractivity contribution in [3.05, 3.63) is 59.9 Å². The predicted octanol–water partition coefficient (Wildman–Crippen LogP) is 4.35. The van der Waals surface area contributed by atoms with Crippen LogP contribution in [0.15, 0.2) is 48.5 Å². The zero-order valence-corrected chi connectivity index (χ0v) is 12.2. The molecule has 0 aromatic heterocycles. The van der Waals surface area contributed by atoms with E-state index in [1.807, 2.05) is 24.3 Å². The molecule has 1 amide bonds. The lowest BCUT2D eigenvalue weighted by atomic mass is 10.0. The molecule has 0 radical (unpaired) electrons. The van der Waals surface area contributed by atoms with Gasteiger partial charge in [-0.2, -0.15) is 0 Å². The Morgan fingerprint density at radius 2 is 1.81 bits per heavy atom. The zero-order chi connectivity index (χ0) is 15.2. The van der Waals surface area contributed by atoms with Gasteiger partial charge in [0, 0.05) is 18.3 Å². The van der Waals surface area contributed by atoms with Crippen LogP contribution in [-0.4, -0.2) is 5.91 Å². The van der Waals surface area contributed by atoms with E-state index in [-0.39, 0.29) is 17.8 Å². The Labute approximate surface area is 124 Å². The van der Waals surface area contributed by atoms with Crippen LogP contribution in [-0.2, 0) is 4.79 Å². The smallest absolute Gasteiger partial charge is 0.221 e. The van der Waals surface area contributed by atoms with Gasteiger partial charge in [-0.3, -0.25) is 4.79 Å². The van der Waals surface area contributed by atoms with Gasteiger partial charge in [0.15, 0.2) is 0 Å². The molecule has 0 fully saturated rings. The third-order valence-electron chi connectivity index (χ3n) is 3.20. The van der Waals surface area contributed by atoms with Crippen LogP contribution in [0.3, 0.4) is 0 Å². The molecule has 21 heavy (non-hydrogen) atoms. The van der Waals surface area contributed by atoms with Crippen LogP contribution in [0.25, 0.3) is 0 Å². The molecule has 0 aliphatic carbocycles. The van der Waals surface area contributed by atoms with Gasteiger partial charge >= 0.3 is 0 Å². The number of benzene rings is 2. The summed E-state index contributed by atoms with van der Waals surface area (Å²) < 4.78 is 13.0. The fourth-order valence-corrected chi connectivity index (χ4v) is 2.21. The van der Waals surface area contributed by atoms with Gasteiger partial charge in [0.25, 0.3) is 0 Å². The quantitative estimate of drug-likeness (QED) is 0.858. The molecule has 1 atom stereocenters. The highest BCUT2D eigenvalue weighted by Gasteiger charge is 2.09. The summed E-state index contributed by atoms with van der Waals surface area (Å²) in [4.78, 5) is 11.1. The molecule has 2 rings (SSSR count). The van der Waals surface area contributed by atoms with E-state index in [1.165, 1.54) is 19.1 Å². The van der Waals surface area contributed by atoms with Crippen molar-refractivity contribution in [1.82, 2.24) is 0 Å². The SMILES string of the molecule is CC[C@@H](Nc1cccc(NC(C)=O)c1)c1ccc(F)cc1. The number of halogens is 1. The Morgan fingerprint density at radius 1 is 1.14 bits per heavy atom. The third-order valence-corrected chi connectivity index (χ3v) is 3.20. The summed E-state index contributed by atoms with van der Waals surface area (Å²) in [5.74, 6) is -0.334. The molecular formula is C17H19FN2O. The molecule has 0 bridgehead atoms. The number of hydrogen-bond acceptors (Lipinski definition) is 2. The molecule has 2 N–H and O–H groups in total. The maximum Gasteiger partial charge on any atom is 0.221 e. The first-order valence-corrected chi connectivity index (χ1v) is 6.98. The van der Waals surface area contributed by atoms with Crippen LogP contribution in [0.4, 0.5) is 15.8 Å². The number of carbonyl (C=O) groups excluding carboxylic acids is 1. The van der Waals surface area contributed by atoms with Gasteiger partial charge in [-0.25, -0.2) is 4.39 Å². The van der Waals surface area contributed by atoms with Crippen LogP contribution >= 0.6 is 0 Å². The highest BCUT2D eigenvalue weighted by atomic mass is 19.1. The molecule has 110 valence electrons. The topological polar surface area (TPSA) is 41.1 Å². The molecule has 0 spiro atoms. The van der Waals surface area contributed by atoms with Crippen LogP contribution in [0, 0.1) is 5.82 Å². The first kappa shape index (κ1) is 15.0. The zero-order valence-electron chi connectivity index (χ0n) is 12.2. The predicted molar refractivity (Wildman–Crippen MR) is 83.8 cm³/mol. The number of carbonyl (C=O) groups is 1. The third kappa shape index (κ3) is 4.31. The van der Waals surface area contributed by atoms with Crippen LogP contribution in [0.5, 0.6) is 0 Å². The minimum absolute atomic E-state index is 0.0955. The lowest BCUT2D eigenvalue weighted by molar-refractivity contribution is -0.114. The summed E-state index contributed by atoms with van der Waals surface area (Å²) in [6.45, 7) is 3.55. The van der Waals surface area contributed by atoms with E-state index in [4.69, 9.17) is 0 Å². The molecular weight excluding hydrogens is 267 g/mol. The van der Waals surface area contributed by atoms with Gasteiger partial charge in [0.2, 0.25) is 5.91 Å². The summed E-state index contributed by atoms with van der Waals surface area (Å²) in [5, 5.41) is 6.16. The van der Waals surface area contributed by atoms with Crippen molar-refractivity contribution in [3.63, 3.8) is 0 Å². The first-order chi connectivity index (χ1) is 10.1. The Balaban J connectivity index is 2.14. The Kier molecular flexibility index (Phi) is 4.93. The molecule has 0 heterocycles. The number of rotatable bonds is 5. The van der Waals surface area contributed by atoms with Gasteiger partial charge in [-0.05, 0) is 42.3 Å². The summed E-state index contributed by atoms with van der Waals surface area (Å²) in [5.41, 5.74) is 2.70. The van der Waals surface area contributed by atoms with Gasteiger partial charge in [0.1, 0.15) is 5.82 Å². The van der Waals surface area contributed by atoms with Gasteiger partial charge in [-0.1, -0.05) is 25.1 Å². The van der Waals surface area contributed by atoms with Crippen LogP contribution < -0.4 is 10.6 Å². The lowest BCUT2D eigenvalue weighted by Crippen LogP contribution is -2.10. The number of anilines is 2. The van der Waals surface area contributed by atoms with Gasteiger partial charge < -0.3 is 10.6 Å². The monoisotopic (exact) mass is 286 g/mol. The number of amides is 1. The summed E-state index contributed by atoms with van der Waals surface area (Å²) in [7, 11) is 0. The van der Waals surface area contributed by atoms with Gasteiger partial charge in [-0.15, -0.1) is 0 Å². The van der Waals surface area contributed by atoms with Crippen molar-refractivity contribution < 1.29 is 9.18 Å². The average Bonchev–Trinajstić information content (AvgIpc) is 2.45. The second-order valence-electron chi connectivity index (χ2n) is 4.92. The fraction of sp³-hybridized carbons (Fsp3) is 0.235. The van der Waals surface area contributed by atoms with Crippen LogP contribution in [0.1, 0.15) is 31.9 Å². The Hall–Kier alpha value is -2.36. The van der Waals surface area contributed by atoms with E-state index >= 15 is 0 Å². The van der Waals surface area contributed by atoms with E-state index in [0.29, 0.717) is 0 Å². The van der Waals surface area contributed by atoms with E-state index in [0.717, 1.165) is 23.4 Å². The van der Waals surface area contributed by atoms with E-state index in [2.05, 4.69) is 17.6 Å². The maximum absolute atomic E-state index is 13.0. The summed E-state index contributed by atoms with van der Waals surface area (Å²) in [6.07, 6.45) is 0.871. The molecule has 3 nitrogen and oxygen atoms in total. The molecule has 2 aromatic carbocycles. The Bertz CT molecular complexity index is 610. The van der Waals surface area contributed by atoms with Crippen molar-refractivity contribution in [2.45, 2.75) is 26.3 Å². The minimum Gasteiger partial charge on any atom is -0.378 e. The second kappa shape index (κ2) is 6.88. The van der Waals surface area contributed by atoms with Crippen molar-refractivity contribution in [2.75, 3.05) is 10.6 Å². The molecule has 0 aliphatic rings. The van der Waals surface area contributed by atoms with Crippen molar-refractivity contribution >= 4 is 17.3 Å². The second-order valence-corrected chi connectivity index (χ2v) is 4.92. The summed E-state index contributed by atoms with van der Waals surface area (Å²) in [6, 6.07) is 14.1. The summed E-state index contributed by atoms with van der Waals surface area (Å²) >= 11 is 0. The number of hydrogen-bond donors (Lipinski definition) is 2. The van der Waals surface area contributed by atoms with Crippen molar-refractivity contribution in [1.29, 1.82) is 0 Å². The maximum atomic E-state index is 13.0. The molecule has 2 aromatic rings. The fourth-order valence-electron chi connectivity index (χ4n) is 2.21. The highest BCUT2D eigenvalue weighted by molar-refractivity contribution is 5.89. The van der Waals surface area contributed by atoms with E-state index < -0.39 is 0 Å². The first-order valence-electron chi connectivity index (χ1n) is 6.98. The molecule has 4 heteroatoms. The molecule has 0 saturated heterocycles. The highest BCUT2D eigenvalue weighted by Crippen LogP contribution is 2.24. The van der Waals surface area contributed by atoms with Gasteiger partial charge in [0.05, 0.1) is 6.04 Å². The Morgan fingerprint density at radius 3 is 2.43 bits per heavy atom. The van der Waals surface area contributed by atoms with Crippen LogP contribution in [0.2, 0.25) is 0 Å². The normalized spacial score (nSPS) is 11.8. The standard InChI is InChI=1S/C17H19FN2O/c1-3-17(13-7-9-14(18)10-8-13)20-16-6-4-5-15(11-16)19-12(2)21/h4-11,17,20H,3H2,1-2H3,(H,19,21)/t17-/m1/s1. The average molecular weight is 286 g/mol. The van der Waals surface area contributed by atoms with Crippen molar-refractivity contribution in [2.24, 2.45) is 0 Å². The van der Waals surface area contributed by atoms with Crippen molar-refractivity contribution in [3.8, 4) is 0 Å². The largest absolute Gasteiger partial charge is 0.378 e. The number of nitrogens with one attached hydrogen (secondary N) is 2. The minimum atomic E-state index is -0.235. The molecule has 0 saturated carbocycles. The van der Waals surface area contributed by atoms with E-state index in [9.17, 15) is 9.18 Å². The van der Waals surface area contributed by atoms with E-state index in [1.54, 1.807) is 12.1 Å². The lowest BCUT2D eigenvalue weighted by Gasteiger charge is -2.19.